The number of hydrogen-bond donors (Lipinski definition) is 2. The molecule has 6 nitrogen and oxygen atoms in total. The van der Waals surface area contributed by atoms with Gasteiger partial charge in [0.2, 0.25) is 5.91 Å². The van der Waals surface area contributed by atoms with Crippen molar-refractivity contribution in [2.75, 3.05) is 5.32 Å². The molecular weight excluding hydrogens is 348 g/mol. The summed E-state index contributed by atoms with van der Waals surface area (Å²) in [5.41, 5.74) is 6.36. The molecule has 0 unspecified atom stereocenters. The normalized spacial score (nSPS) is 16.2. The molecule has 0 bridgehead atoms. The molecule has 1 aliphatic carbocycles. The van der Waals surface area contributed by atoms with E-state index >= 15 is 0 Å². The van der Waals surface area contributed by atoms with Crippen LogP contribution in [0.4, 0.5) is 5.00 Å². The van der Waals surface area contributed by atoms with Crippen LogP contribution >= 0.6 is 23.7 Å². The molecule has 8 heteroatoms. The number of rotatable bonds is 3. The van der Waals surface area contributed by atoms with E-state index in [4.69, 9.17) is 10.3 Å². The smallest absolute Gasteiger partial charge is 0.268 e. The van der Waals surface area contributed by atoms with Crippen molar-refractivity contribution in [3.8, 4) is 10.8 Å². The molecule has 0 atom stereocenters. The van der Waals surface area contributed by atoms with Gasteiger partial charge in [0.05, 0.1) is 15.4 Å². The topological polar surface area (TPSA) is 94.0 Å². The second-order valence-corrected chi connectivity index (χ2v) is 8.31. The predicted octanol–water partition coefficient (Wildman–Crippen LogP) is 3.85. The Hall–Kier alpha value is -1.44. The van der Waals surface area contributed by atoms with Crippen LogP contribution in [0.5, 0.6) is 0 Å². The first kappa shape index (κ1) is 18.9. The van der Waals surface area contributed by atoms with Crippen molar-refractivity contribution in [3.05, 3.63) is 17.5 Å². The number of nitrogens with zero attached hydrogens (tertiary/aromatic N) is 2. The fourth-order valence-corrected chi connectivity index (χ4v) is 3.34. The summed E-state index contributed by atoms with van der Waals surface area (Å²) in [6, 6.07) is 1.93. The van der Waals surface area contributed by atoms with E-state index in [0.29, 0.717) is 11.7 Å². The largest absolute Gasteiger partial charge is 0.333 e. The van der Waals surface area contributed by atoms with Gasteiger partial charge < -0.3 is 15.6 Å². The quantitative estimate of drug-likeness (QED) is 0.855. The molecule has 3 N–H and O–H groups in total. The second-order valence-electron chi connectivity index (χ2n) is 7.26. The van der Waals surface area contributed by atoms with Gasteiger partial charge in [0, 0.05) is 5.41 Å². The number of amides is 1. The highest BCUT2D eigenvalue weighted by Crippen LogP contribution is 2.40. The standard InChI is InChI=1S/C16H22N4O2S.ClH/c1-9-8-10(18-14(21)15(2,3)4)23-11(9)12-19-13(20-22-12)16(17)6-5-7-16;/h8H,5-7,17H2,1-4H3,(H,18,21);1H. The van der Waals surface area contributed by atoms with Gasteiger partial charge in [-0.3, -0.25) is 4.79 Å². The number of anilines is 1. The number of nitrogens with two attached hydrogens (primary N) is 1. The van der Waals surface area contributed by atoms with Crippen LogP contribution in [-0.2, 0) is 10.3 Å². The minimum absolute atomic E-state index is 0. The number of halogens is 1. The SMILES string of the molecule is Cc1cc(NC(=O)C(C)(C)C)sc1-c1nc(C2(N)CCC2)no1.Cl. The molecule has 0 spiro atoms. The lowest BCUT2D eigenvalue weighted by atomic mass is 9.77. The Kier molecular flexibility index (Phi) is 5.09. The zero-order chi connectivity index (χ0) is 16.8. The number of aromatic nitrogens is 2. The first-order chi connectivity index (χ1) is 10.7. The van der Waals surface area contributed by atoms with E-state index < -0.39 is 11.0 Å². The second kappa shape index (κ2) is 6.46. The van der Waals surface area contributed by atoms with E-state index in [-0.39, 0.29) is 18.3 Å². The summed E-state index contributed by atoms with van der Waals surface area (Å²) in [7, 11) is 0. The lowest BCUT2D eigenvalue weighted by Crippen LogP contribution is -2.44. The van der Waals surface area contributed by atoms with Crippen molar-refractivity contribution >= 4 is 34.7 Å². The van der Waals surface area contributed by atoms with Crippen molar-refractivity contribution < 1.29 is 9.32 Å². The number of carbonyl (C=O) groups excluding carboxylic acids is 1. The van der Waals surface area contributed by atoms with Crippen LogP contribution in [0.3, 0.4) is 0 Å². The molecule has 0 aliphatic heterocycles. The molecule has 132 valence electrons. The average molecular weight is 371 g/mol. The maximum atomic E-state index is 12.1. The van der Waals surface area contributed by atoms with E-state index in [0.717, 1.165) is 34.7 Å². The molecule has 1 aliphatic rings. The predicted molar refractivity (Wildman–Crippen MR) is 97.4 cm³/mol. The molecule has 0 radical (unpaired) electrons. The highest BCUT2D eigenvalue weighted by Gasteiger charge is 2.39. The van der Waals surface area contributed by atoms with Crippen LogP contribution in [0.25, 0.3) is 10.8 Å². The lowest BCUT2D eigenvalue weighted by Gasteiger charge is -2.34. The molecule has 0 saturated heterocycles. The van der Waals surface area contributed by atoms with Gasteiger partial charge in [-0.25, -0.2) is 0 Å². The van der Waals surface area contributed by atoms with Gasteiger partial charge in [-0.15, -0.1) is 23.7 Å². The Balaban J connectivity index is 0.00000208. The number of hydrogen-bond acceptors (Lipinski definition) is 6. The fraction of sp³-hybridized carbons (Fsp3) is 0.562. The number of thiophene rings is 1. The Morgan fingerprint density at radius 3 is 2.62 bits per heavy atom. The van der Waals surface area contributed by atoms with Gasteiger partial charge in [-0.2, -0.15) is 4.98 Å². The van der Waals surface area contributed by atoms with Crippen LogP contribution in [0.2, 0.25) is 0 Å². The molecule has 2 aromatic rings. The van der Waals surface area contributed by atoms with Crippen molar-refractivity contribution in [1.82, 2.24) is 10.1 Å². The third-order valence-electron chi connectivity index (χ3n) is 4.15. The maximum absolute atomic E-state index is 12.1. The molecule has 2 heterocycles. The number of carbonyl (C=O) groups is 1. The van der Waals surface area contributed by atoms with E-state index in [9.17, 15) is 4.79 Å². The van der Waals surface area contributed by atoms with Gasteiger partial charge in [0.15, 0.2) is 5.82 Å². The molecule has 1 fully saturated rings. The maximum Gasteiger partial charge on any atom is 0.268 e. The highest BCUT2D eigenvalue weighted by atomic mass is 35.5. The summed E-state index contributed by atoms with van der Waals surface area (Å²) >= 11 is 1.44. The van der Waals surface area contributed by atoms with E-state index in [1.165, 1.54) is 11.3 Å². The molecule has 1 amide bonds. The third kappa shape index (κ3) is 3.48. The monoisotopic (exact) mass is 370 g/mol. The Bertz CT molecular complexity index is 744. The molecule has 2 aromatic heterocycles. The first-order valence-corrected chi connectivity index (χ1v) is 8.56. The van der Waals surface area contributed by atoms with Crippen LogP contribution < -0.4 is 11.1 Å². The minimum Gasteiger partial charge on any atom is -0.333 e. The van der Waals surface area contributed by atoms with Gasteiger partial charge >= 0.3 is 0 Å². The van der Waals surface area contributed by atoms with Gasteiger partial charge in [0.1, 0.15) is 0 Å². The summed E-state index contributed by atoms with van der Waals surface area (Å²) in [5, 5.41) is 7.76. The fourth-order valence-electron chi connectivity index (χ4n) is 2.35. The Labute approximate surface area is 151 Å². The summed E-state index contributed by atoms with van der Waals surface area (Å²) in [5.74, 6) is 1.02. The van der Waals surface area contributed by atoms with Crippen LogP contribution in [-0.4, -0.2) is 16.0 Å². The zero-order valence-corrected chi connectivity index (χ0v) is 15.9. The summed E-state index contributed by atoms with van der Waals surface area (Å²) in [4.78, 5) is 17.4. The summed E-state index contributed by atoms with van der Waals surface area (Å²) < 4.78 is 5.40. The average Bonchev–Trinajstić information content (AvgIpc) is 3.01. The van der Waals surface area contributed by atoms with Gasteiger partial charge in [0.25, 0.3) is 5.89 Å². The number of nitrogens with one attached hydrogen (secondary N) is 1. The molecule has 24 heavy (non-hydrogen) atoms. The van der Waals surface area contributed by atoms with Gasteiger partial charge in [-0.1, -0.05) is 25.9 Å². The first-order valence-electron chi connectivity index (χ1n) is 7.74. The summed E-state index contributed by atoms with van der Waals surface area (Å²) in [6.45, 7) is 7.61. The minimum atomic E-state index is -0.439. The summed E-state index contributed by atoms with van der Waals surface area (Å²) in [6.07, 6.45) is 2.88. The Morgan fingerprint density at radius 1 is 1.42 bits per heavy atom. The number of aryl methyl sites for hydroxylation is 1. The zero-order valence-electron chi connectivity index (χ0n) is 14.3. The highest BCUT2D eigenvalue weighted by molar-refractivity contribution is 7.19. The van der Waals surface area contributed by atoms with Crippen molar-refractivity contribution in [3.63, 3.8) is 0 Å². The lowest BCUT2D eigenvalue weighted by molar-refractivity contribution is -0.123. The molecule has 1 saturated carbocycles. The van der Waals surface area contributed by atoms with Crippen molar-refractivity contribution in [1.29, 1.82) is 0 Å². The third-order valence-corrected chi connectivity index (χ3v) is 5.29. The van der Waals surface area contributed by atoms with Crippen molar-refractivity contribution in [2.24, 2.45) is 11.1 Å². The van der Waals surface area contributed by atoms with Gasteiger partial charge in [-0.05, 0) is 37.8 Å². The molecular formula is C16H23ClN4O2S. The van der Waals surface area contributed by atoms with Crippen molar-refractivity contribution in [2.45, 2.75) is 52.5 Å². The van der Waals surface area contributed by atoms with Crippen LogP contribution in [0.15, 0.2) is 10.6 Å². The van der Waals surface area contributed by atoms with E-state index in [2.05, 4.69) is 15.5 Å². The molecule has 3 rings (SSSR count). The van der Waals surface area contributed by atoms with E-state index in [1.807, 2.05) is 33.8 Å². The van der Waals surface area contributed by atoms with Crippen LogP contribution in [0.1, 0.15) is 51.4 Å². The Morgan fingerprint density at radius 2 is 2.08 bits per heavy atom. The van der Waals surface area contributed by atoms with E-state index in [1.54, 1.807) is 0 Å². The van der Waals surface area contributed by atoms with Crippen LogP contribution in [0, 0.1) is 12.3 Å². The molecule has 0 aromatic carbocycles.